The zero-order valence-electron chi connectivity index (χ0n) is 10.2. The molecule has 0 saturated carbocycles. The number of hydrogen-bond donors (Lipinski definition) is 0. The maximum Gasteiger partial charge on any atom is 0.255 e. The molecule has 0 radical (unpaired) electrons. The highest BCUT2D eigenvalue weighted by molar-refractivity contribution is 5.28. The molecular weight excluding hydrogens is 233 g/mol. The van der Waals surface area contributed by atoms with Crippen LogP contribution in [0.25, 0.3) is 0 Å². The fourth-order valence-electron chi connectivity index (χ4n) is 1.49. The number of benzene rings is 1. The number of aryl methyl sites for hydroxylation is 1. The Labute approximate surface area is 105 Å². The zero-order chi connectivity index (χ0) is 12.8. The van der Waals surface area contributed by atoms with Gasteiger partial charge in [0.05, 0.1) is 0 Å². The van der Waals surface area contributed by atoms with Gasteiger partial charge in [-0.05, 0) is 24.6 Å². The molecular formula is C14H15FNO2+. The van der Waals surface area contributed by atoms with Crippen molar-refractivity contribution < 1.29 is 18.4 Å². The van der Waals surface area contributed by atoms with E-state index in [1.54, 1.807) is 12.1 Å². The minimum atomic E-state index is -0.369. The lowest BCUT2D eigenvalue weighted by molar-refractivity contribution is -0.734. The Morgan fingerprint density at radius 2 is 1.94 bits per heavy atom. The van der Waals surface area contributed by atoms with Crippen LogP contribution in [0.15, 0.2) is 48.8 Å². The first-order valence-corrected chi connectivity index (χ1v) is 5.66. The summed E-state index contributed by atoms with van der Waals surface area (Å²) in [5.74, 6) is -0.162. The highest BCUT2D eigenvalue weighted by Gasteiger charge is 2.03. The van der Waals surface area contributed by atoms with E-state index < -0.39 is 0 Å². The number of halogens is 1. The number of nitrogens with zero attached hydrogens (tertiary/aromatic N) is 1. The summed E-state index contributed by atoms with van der Waals surface area (Å²) in [5, 5.41) is 0. The fraction of sp³-hybridized carbons (Fsp3) is 0.214. The van der Waals surface area contributed by atoms with E-state index in [1.165, 1.54) is 6.07 Å². The van der Waals surface area contributed by atoms with Gasteiger partial charge in [0, 0.05) is 12.1 Å². The third kappa shape index (κ3) is 3.53. The minimum absolute atomic E-state index is 0.0157. The predicted octanol–water partition coefficient (Wildman–Crippen LogP) is 2.43. The molecule has 0 fully saturated rings. The van der Waals surface area contributed by atoms with Gasteiger partial charge in [-0.3, -0.25) is 4.74 Å². The van der Waals surface area contributed by atoms with Gasteiger partial charge in [-0.1, -0.05) is 12.1 Å². The van der Waals surface area contributed by atoms with Crippen LogP contribution in [0.3, 0.4) is 0 Å². The molecule has 0 atom stereocenters. The van der Waals surface area contributed by atoms with Gasteiger partial charge >= 0.3 is 0 Å². The molecule has 1 heterocycles. The van der Waals surface area contributed by atoms with E-state index in [-0.39, 0.29) is 18.4 Å². The van der Waals surface area contributed by atoms with Crippen molar-refractivity contribution in [3.05, 3.63) is 60.2 Å². The number of aromatic nitrogens is 1. The number of hydrogen-bond acceptors (Lipinski definition) is 2. The van der Waals surface area contributed by atoms with Crippen LogP contribution in [0.2, 0.25) is 0 Å². The van der Waals surface area contributed by atoms with Crippen LogP contribution in [0.1, 0.15) is 5.56 Å². The predicted molar refractivity (Wildman–Crippen MR) is 64.4 cm³/mol. The van der Waals surface area contributed by atoms with Crippen LogP contribution in [0, 0.1) is 12.7 Å². The van der Waals surface area contributed by atoms with Crippen molar-refractivity contribution in [2.45, 2.75) is 13.7 Å². The Morgan fingerprint density at radius 3 is 2.67 bits per heavy atom. The lowest BCUT2D eigenvalue weighted by atomic mass is 10.2. The highest BCUT2D eigenvalue weighted by atomic mass is 19.1. The standard InChI is InChI=1S/C14H15FNO2/c1-12-5-6-14(13(15)9-12)18-11-17-10-16-7-3-2-4-8-16/h2-9H,10-11H2,1H3/q+1. The number of rotatable bonds is 5. The summed E-state index contributed by atoms with van der Waals surface area (Å²) in [6.45, 7) is 2.21. The molecule has 18 heavy (non-hydrogen) atoms. The molecule has 0 N–H and O–H groups in total. The van der Waals surface area contributed by atoms with Crippen LogP contribution in [0.5, 0.6) is 5.75 Å². The van der Waals surface area contributed by atoms with Gasteiger partial charge in [-0.25, -0.2) is 4.39 Å². The van der Waals surface area contributed by atoms with Crippen molar-refractivity contribution in [2.75, 3.05) is 6.79 Å². The summed E-state index contributed by atoms with van der Waals surface area (Å²) < 4.78 is 25.8. The molecule has 2 rings (SSSR count). The molecule has 0 amide bonds. The van der Waals surface area contributed by atoms with Crippen molar-refractivity contribution in [3.8, 4) is 5.75 Å². The monoisotopic (exact) mass is 248 g/mol. The van der Waals surface area contributed by atoms with Gasteiger partial charge in [-0.2, -0.15) is 4.57 Å². The SMILES string of the molecule is Cc1ccc(OCOC[n+]2ccccc2)c(F)c1. The van der Waals surface area contributed by atoms with Gasteiger partial charge in [0.15, 0.2) is 30.8 Å². The molecule has 0 unspecified atom stereocenters. The minimum Gasteiger partial charge on any atom is -0.464 e. The zero-order valence-corrected chi connectivity index (χ0v) is 10.2. The molecule has 1 aromatic heterocycles. The smallest absolute Gasteiger partial charge is 0.255 e. The summed E-state index contributed by atoms with van der Waals surface area (Å²) in [5.41, 5.74) is 0.862. The van der Waals surface area contributed by atoms with Crippen LogP contribution in [0.4, 0.5) is 4.39 Å². The van der Waals surface area contributed by atoms with Crippen LogP contribution in [-0.4, -0.2) is 6.79 Å². The largest absolute Gasteiger partial charge is 0.464 e. The number of pyridine rings is 1. The lowest BCUT2D eigenvalue weighted by Crippen LogP contribution is -2.34. The molecule has 1 aromatic carbocycles. The van der Waals surface area contributed by atoms with Gasteiger partial charge in [0.25, 0.3) is 6.73 Å². The van der Waals surface area contributed by atoms with E-state index in [4.69, 9.17) is 9.47 Å². The third-order valence-corrected chi connectivity index (χ3v) is 2.40. The summed E-state index contributed by atoms with van der Waals surface area (Å²) in [6.07, 6.45) is 3.76. The second kappa shape index (κ2) is 6.12. The quantitative estimate of drug-likeness (QED) is 0.460. The van der Waals surface area contributed by atoms with Crippen LogP contribution in [-0.2, 0) is 11.5 Å². The Kier molecular flexibility index (Phi) is 4.25. The Hall–Kier alpha value is -1.94. The van der Waals surface area contributed by atoms with Gasteiger partial charge in [0.1, 0.15) is 0 Å². The maximum absolute atomic E-state index is 13.4. The molecule has 0 aliphatic carbocycles. The molecule has 0 saturated heterocycles. The van der Waals surface area contributed by atoms with E-state index >= 15 is 0 Å². The summed E-state index contributed by atoms with van der Waals surface area (Å²) in [7, 11) is 0. The summed E-state index contributed by atoms with van der Waals surface area (Å²) in [6, 6.07) is 10.6. The van der Waals surface area contributed by atoms with Gasteiger partial charge in [-0.15, -0.1) is 0 Å². The summed E-state index contributed by atoms with van der Waals surface area (Å²) in [4.78, 5) is 0. The van der Waals surface area contributed by atoms with Crippen molar-refractivity contribution >= 4 is 0 Å². The fourth-order valence-corrected chi connectivity index (χ4v) is 1.49. The Morgan fingerprint density at radius 1 is 1.17 bits per heavy atom. The Balaban J connectivity index is 1.79. The highest BCUT2D eigenvalue weighted by Crippen LogP contribution is 2.17. The average molecular weight is 248 g/mol. The summed E-state index contributed by atoms with van der Waals surface area (Å²) >= 11 is 0. The van der Waals surface area contributed by atoms with Crippen LogP contribution >= 0.6 is 0 Å². The van der Waals surface area contributed by atoms with E-state index in [0.29, 0.717) is 6.73 Å². The van der Waals surface area contributed by atoms with Crippen molar-refractivity contribution in [1.29, 1.82) is 0 Å². The van der Waals surface area contributed by atoms with Crippen molar-refractivity contribution in [1.82, 2.24) is 0 Å². The molecule has 4 heteroatoms. The molecule has 94 valence electrons. The second-order valence-electron chi connectivity index (χ2n) is 3.92. The third-order valence-electron chi connectivity index (χ3n) is 2.40. The van der Waals surface area contributed by atoms with Gasteiger partial charge < -0.3 is 4.74 Å². The molecule has 2 aromatic rings. The van der Waals surface area contributed by atoms with Gasteiger partial charge in [0.2, 0.25) is 0 Å². The molecule has 3 nitrogen and oxygen atoms in total. The average Bonchev–Trinajstić information content (AvgIpc) is 2.38. The van der Waals surface area contributed by atoms with Crippen molar-refractivity contribution in [2.24, 2.45) is 0 Å². The van der Waals surface area contributed by atoms with E-state index in [9.17, 15) is 4.39 Å². The molecule has 0 spiro atoms. The van der Waals surface area contributed by atoms with Crippen molar-refractivity contribution in [3.63, 3.8) is 0 Å². The molecule has 0 aliphatic rings. The molecule has 0 aliphatic heterocycles. The maximum atomic E-state index is 13.4. The first kappa shape index (κ1) is 12.5. The lowest BCUT2D eigenvalue weighted by Gasteiger charge is -2.06. The Bertz CT molecular complexity index is 502. The first-order valence-electron chi connectivity index (χ1n) is 5.66. The normalized spacial score (nSPS) is 10.3. The molecule has 0 bridgehead atoms. The van der Waals surface area contributed by atoms with Crippen LogP contribution < -0.4 is 9.30 Å². The van der Waals surface area contributed by atoms with E-state index in [0.717, 1.165) is 5.56 Å². The number of ether oxygens (including phenoxy) is 2. The first-order chi connectivity index (χ1) is 8.75. The van der Waals surface area contributed by atoms with E-state index in [2.05, 4.69) is 0 Å². The second-order valence-corrected chi connectivity index (χ2v) is 3.92. The van der Waals surface area contributed by atoms with E-state index in [1.807, 2.05) is 42.1 Å². The topological polar surface area (TPSA) is 22.3 Å².